The van der Waals surface area contributed by atoms with Gasteiger partial charge in [-0.2, -0.15) is 0 Å². The van der Waals surface area contributed by atoms with Gasteiger partial charge < -0.3 is 22.9 Å². The van der Waals surface area contributed by atoms with Gasteiger partial charge in [-0.15, -0.1) is 5.10 Å². The maximum atomic E-state index is 13.0. The number of nitrogens with one attached hydrogen (secondary N) is 2. The zero-order valence-corrected chi connectivity index (χ0v) is 18.8. The van der Waals surface area contributed by atoms with Crippen LogP contribution in [0.5, 0.6) is 0 Å². The van der Waals surface area contributed by atoms with Crippen LogP contribution < -0.4 is 44.2 Å². The van der Waals surface area contributed by atoms with E-state index in [1.165, 1.54) is 11.3 Å². The van der Waals surface area contributed by atoms with Crippen LogP contribution in [0.3, 0.4) is 0 Å². The van der Waals surface area contributed by atoms with Gasteiger partial charge >= 0.3 is 0 Å². The van der Waals surface area contributed by atoms with E-state index in [1.807, 2.05) is 18.2 Å². The number of nitrogen functional groups attached to an aromatic ring is 1. The highest BCUT2D eigenvalue weighted by Crippen LogP contribution is 2.38. The Morgan fingerprint density at radius 2 is 1.97 bits per heavy atom. The largest absolute Gasteiger partial charge is 0.382 e. The van der Waals surface area contributed by atoms with E-state index in [-0.39, 0.29) is 25.0 Å². The predicted octanol–water partition coefficient (Wildman–Crippen LogP) is -0.507. The second-order valence-corrected chi connectivity index (χ2v) is 9.24. The smallest absolute Gasteiger partial charge is 0.181 e. The molecule has 0 aliphatic carbocycles. The van der Waals surface area contributed by atoms with Crippen LogP contribution in [-0.4, -0.2) is 34.2 Å². The van der Waals surface area contributed by atoms with Crippen molar-refractivity contribution in [1.82, 2.24) is 15.2 Å². The molecule has 2 aromatic carbocycles. The number of hydrazine groups is 1. The number of hydrazone groups is 1. The Labute approximate surface area is 189 Å². The van der Waals surface area contributed by atoms with Crippen molar-refractivity contribution in [1.29, 1.82) is 0 Å². The summed E-state index contributed by atoms with van der Waals surface area (Å²) >= 11 is 2.27. The van der Waals surface area contributed by atoms with Crippen molar-refractivity contribution in [3.05, 3.63) is 35.9 Å². The molecule has 1 unspecified atom stereocenters. The van der Waals surface area contributed by atoms with Gasteiger partial charge in [-0.05, 0) is 29.6 Å². The van der Waals surface area contributed by atoms with Gasteiger partial charge in [-0.1, -0.05) is 29.5 Å². The standard InChI is InChI=1S/C17H24N10OS3/c18-6-8(7-19)26-31(28)12-5-4-9(13(15(12)30-23)16(20)25-27-22)10-2-1-3-11-14(10)24-17(21)29-11/h1-5,8,26-27H,6-7,18-19,22-23H2,(H2,20,25)(H2,21,24). The van der Waals surface area contributed by atoms with Gasteiger partial charge in [0.05, 0.1) is 20.0 Å². The van der Waals surface area contributed by atoms with Gasteiger partial charge in [0.15, 0.2) is 11.0 Å². The Balaban J connectivity index is 2.25. The highest BCUT2D eigenvalue weighted by Gasteiger charge is 2.23. The Hall–Kier alpha value is -2.30. The minimum atomic E-state index is -1.65. The normalized spacial score (nSPS) is 13.1. The summed E-state index contributed by atoms with van der Waals surface area (Å²) in [6, 6.07) is 8.87. The van der Waals surface area contributed by atoms with Gasteiger partial charge in [0.2, 0.25) is 0 Å². The van der Waals surface area contributed by atoms with E-state index in [0.29, 0.717) is 31.6 Å². The highest BCUT2D eigenvalue weighted by molar-refractivity contribution is 7.97. The molecule has 31 heavy (non-hydrogen) atoms. The Morgan fingerprint density at radius 1 is 1.23 bits per heavy atom. The average molecular weight is 481 g/mol. The topological polar surface area (TPSA) is 223 Å². The summed E-state index contributed by atoms with van der Waals surface area (Å²) in [5, 5.41) is 10.4. The molecule has 0 fully saturated rings. The average Bonchev–Trinajstić information content (AvgIpc) is 3.16. The fraction of sp³-hybridized carbons (Fsp3) is 0.176. The summed E-state index contributed by atoms with van der Waals surface area (Å²) in [6.45, 7) is 0.457. The molecule has 14 heteroatoms. The molecule has 0 amide bonds. The first-order chi connectivity index (χ1) is 14.9. The van der Waals surface area contributed by atoms with Crippen molar-refractivity contribution in [2.24, 2.45) is 33.3 Å². The summed E-state index contributed by atoms with van der Waals surface area (Å²) in [4.78, 5) is 5.33. The third-order valence-corrected chi connectivity index (χ3v) is 7.37. The first-order valence-corrected chi connectivity index (χ1v) is 11.9. The van der Waals surface area contributed by atoms with Crippen LogP contribution in [0.15, 0.2) is 45.2 Å². The van der Waals surface area contributed by atoms with Crippen molar-refractivity contribution in [3.8, 4) is 11.1 Å². The molecule has 166 valence electrons. The molecule has 11 nitrogen and oxygen atoms in total. The van der Waals surface area contributed by atoms with Crippen molar-refractivity contribution in [2.75, 3.05) is 18.8 Å². The third kappa shape index (κ3) is 4.81. The van der Waals surface area contributed by atoms with E-state index in [2.05, 4.69) is 20.3 Å². The summed E-state index contributed by atoms with van der Waals surface area (Å²) in [7, 11) is -1.65. The lowest BCUT2D eigenvalue weighted by molar-refractivity contribution is 0.613. The number of anilines is 1. The number of hydrogen-bond donors (Lipinski definition) is 8. The molecule has 0 aliphatic heterocycles. The molecule has 3 aromatic rings. The molecular formula is C17H24N10OS3. The summed E-state index contributed by atoms with van der Waals surface area (Å²) in [5.74, 6) is 5.43. The summed E-state index contributed by atoms with van der Waals surface area (Å²) in [6.07, 6.45) is 0. The fourth-order valence-electron chi connectivity index (χ4n) is 3.02. The van der Waals surface area contributed by atoms with E-state index in [4.69, 9.17) is 33.9 Å². The second kappa shape index (κ2) is 10.3. The first kappa shape index (κ1) is 23.4. The van der Waals surface area contributed by atoms with Gasteiger partial charge in [0.25, 0.3) is 0 Å². The number of nitrogens with zero attached hydrogens (tertiary/aromatic N) is 2. The third-order valence-electron chi connectivity index (χ3n) is 4.45. The Bertz CT molecular complexity index is 1130. The molecule has 0 radical (unpaired) electrons. The Morgan fingerprint density at radius 3 is 2.61 bits per heavy atom. The first-order valence-electron chi connectivity index (χ1n) is 9.01. The molecule has 0 aliphatic rings. The molecule has 1 aromatic heterocycles. The number of hydrogen-bond acceptors (Lipinski definition) is 11. The number of aromatic nitrogens is 1. The molecular weight excluding hydrogens is 456 g/mol. The van der Waals surface area contributed by atoms with E-state index in [0.717, 1.165) is 22.2 Å². The van der Waals surface area contributed by atoms with Gasteiger partial charge in [-0.3, -0.25) is 5.14 Å². The fourth-order valence-corrected chi connectivity index (χ4v) is 5.75. The number of thiazole rings is 1. The maximum absolute atomic E-state index is 13.0. The van der Waals surface area contributed by atoms with E-state index in [1.54, 1.807) is 12.1 Å². The zero-order chi connectivity index (χ0) is 22.5. The highest BCUT2D eigenvalue weighted by atomic mass is 32.2. The number of rotatable bonds is 9. The van der Waals surface area contributed by atoms with Crippen molar-refractivity contribution in [3.63, 3.8) is 0 Å². The minimum Gasteiger partial charge on any atom is -0.382 e. The van der Waals surface area contributed by atoms with Gasteiger partial charge in [-0.25, -0.2) is 25.3 Å². The zero-order valence-electron chi connectivity index (χ0n) is 16.4. The molecule has 3 rings (SSSR count). The van der Waals surface area contributed by atoms with Crippen LogP contribution in [0, 0.1) is 0 Å². The SMILES string of the molecule is NCC(CN)NS(=O)c1ccc(-c2cccc3sc(N)nc23)c(/C(N)=N/NN)c1SN. The molecule has 0 saturated carbocycles. The number of fused-ring (bicyclic) bond motifs is 1. The second-order valence-electron chi connectivity index (χ2n) is 6.32. The quantitative estimate of drug-likeness (QED) is 0.0643. The van der Waals surface area contributed by atoms with Gasteiger partial charge in [0, 0.05) is 30.3 Å². The Kier molecular flexibility index (Phi) is 7.79. The van der Waals surface area contributed by atoms with E-state index in [9.17, 15) is 4.21 Å². The van der Waals surface area contributed by atoms with Crippen molar-refractivity contribution >= 4 is 55.5 Å². The lowest BCUT2D eigenvalue weighted by Crippen LogP contribution is -2.42. The van der Waals surface area contributed by atoms with Crippen LogP contribution in [0.25, 0.3) is 21.3 Å². The molecule has 1 heterocycles. The summed E-state index contributed by atoms with van der Waals surface area (Å²) in [5.41, 5.74) is 28.3. The van der Waals surface area contributed by atoms with Crippen molar-refractivity contribution < 1.29 is 4.21 Å². The van der Waals surface area contributed by atoms with Crippen LogP contribution in [0.4, 0.5) is 5.13 Å². The van der Waals surface area contributed by atoms with Crippen molar-refractivity contribution in [2.45, 2.75) is 15.8 Å². The lowest BCUT2D eigenvalue weighted by atomic mass is 9.98. The molecule has 0 saturated heterocycles. The van der Waals surface area contributed by atoms with Crippen LogP contribution in [-0.2, 0) is 11.0 Å². The van der Waals surface area contributed by atoms with Crippen LogP contribution in [0.1, 0.15) is 5.56 Å². The molecule has 0 spiro atoms. The van der Waals surface area contributed by atoms with E-state index >= 15 is 0 Å². The number of para-hydroxylation sites is 1. The number of nitrogens with two attached hydrogens (primary N) is 6. The van der Waals surface area contributed by atoms with Gasteiger partial charge in [0.1, 0.15) is 11.0 Å². The predicted molar refractivity (Wildman–Crippen MR) is 129 cm³/mol. The minimum absolute atomic E-state index is 0.0682. The maximum Gasteiger partial charge on any atom is 0.181 e. The molecule has 1 atom stereocenters. The number of amidine groups is 1. The van der Waals surface area contributed by atoms with Crippen LogP contribution >= 0.6 is 23.3 Å². The monoisotopic (exact) mass is 480 g/mol. The molecule has 0 bridgehead atoms. The molecule has 14 N–H and O–H groups in total. The van der Waals surface area contributed by atoms with E-state index < -0.39 is 11.0 Å². The lowest BCUT2D eigenvalue weighted by Gasteiger charge is -2.19. The van der Waals surface area contributed by atoms with Crippen LogP contribution in [0.2, 0.25) is 0 Å². The summed E-state index contributed by atoms with van der Waals surface area (Å²) < 4.78 is 16.8. The number of benzene rings is 2.